The van der Waals surface area contributed by atoms with E-state index in [-0.39, 0.29) is 5.91 Å². The number of benzene rings is 2. The topological polar surface area (TPSA) is 76.2 Å². The molecule has 0 bridgehead atoms. The van der Waals surface area contributed by atoms with E-state index in [2.05, 4.69) is 15.3 Å². The number of nitrogens with zero attached hydrogens (tertiary/aromatic N) is 1. The maximum absolute atomic E-state index is 12.7. The first-order chi connectivity index (χ1) is 11.5. The number of aromatic amines is 1. The Bertz CT molecular complexity index is 921. The van der Waals surface area contributed by atoms with Crippen LogP contribution in [0.4, 0.5) is 5.69 Å². The Balaban J connectivity index is 2.00. The van der Waals surface area contributed by atoms with Crippen LogP contribution in [0.15, 0.2) is 30.3 Å². The summed E-state index contributed by atoms with van der Waals surface area (Å²) >= 11 is 6.08. The predicted molar refractivity (Wildman–Crippen MR) is 93.3 cm³/mol. The SMILES string of the molecule is COc1cc(NC(=O)c2cccc3[nH]c(C)nc23)c(OC)cc1Cl. The molecule has 0 aliphatic rings. The van der Waals surface area contributed by atoms with Crippen molar-refractivity contribution in [3.8, 4) is 11.5 Å². The third-order valence-electron chi connectivity index (χ3n) is 3.60. The van der Waals surface area contributed by atoms with Gasteiger partial charge in [0.1, 0.15) is 22.8 Å². The van der Waals surface area contributed by atoms with E-state index < -0.39 is 0 Å². The van der Waals surface area contributed by atoms with E-state index >= 15 is 0 Å². The molecule has 0 saturated carbocycles. The second-order valence-electron chi connectivity index (χ2n) is 5.17. The van der Waals surface area contributed by atoms with Gasteiger partial charge < -0.3 is 19.8 Å². The van der Waals surface area contributed by atoms with Crippen molar-refractivity contribution < 1.29 is 14.3 Å². The van der Waals surface area contributed by atoms with Gasteiger partial charge in [-0.25, -0.2) is 4.98 Å². The minimum Gasteiger partial charge on any atom is -0.495 e. The van der Waals surface area contributed by atoms with Crippen LogP contribution in [0.25, 0.3) is 11.0 Å². The van der Waals surface area contributed by atoms with Gasteiger partial charge >= 0.3 is 0 Å². The molecule has 7 heteroatoms. The van der Waals surface area contributed by atoms with Gasteiger partial charge in [-0.15, -0.1) is 0 Å². The smallest absolute Gasteiger partial charge is 0.258 e. The zero-order chi connectivity index (χ0) is 17.3. The van der Waals surface area contributed by atoms with Crippen molar-refractivity contribution in [3.05, 3.63) is 46.7 Å². The maximum Gasteiger partial charge on any atom is 0.258 e. The summed E-state index contributed by atoms with van der Waals surface area (Å²) in [4.78, 5) is 20.2. The lowest BCUT2D eigenvalue weighted by atomic mass is 10.1. The van der Waals surface area contributed by atoms with Gasteiger partial charge in [-0.05, 0) is 19.1 Å². The van der Waals surface area contributed by atoms with Crippen LogP contribution in [0.2, 0.25) is 5.02 Å². The third-order valence-corrected chi connectivity index (χ3v) is 3.89. The number of fused-ring (bicyclic) bond motifs is 1. The van der Waals surface area contributed by atoms with Crippen molar-refractivity contribution >= 4 is 34.2 Å². The van der Waals surface area contributed by atoms with E-state index in [1.165, 1.54) is 14.2 Å². The number of hydrogen-bond acceptors (Lipinski definition) is 4. The molecule has 24 heavy (non-hydrogen) atoms. The molecule has 1 amide bonds. The highest BCUT2D eigenvalue weighted by Gasteiger charge is 2.16. The normalized spacial score (nSPS) is 10.7. The lowest BCUT2D eigenvalue weighted by Gasteiger charge is -2.13. The van der Waals surface area contributed by atoms with Gasteiger partial charge in [0.05, 0.1) is 36.0 Å². The molecule has 0 saturated heterocycles. The van der Waals surface area contributed by atoms with Gasteiger partial charge in [0, 0.05) is 12.1 Å². The Hall–Kier alpha value is -2.73. The predicted octanol–water partition coefficient (Wildman–Crippen LogP) is 3.79. The summed E-state index contributed by atoms with van der Waals surface area (Å²) in [5.41, 5.74) is 2.36. The van der Waals surface area contributed by atoms with Crippen molar-refractivity contribution in [2.24, 2.45) is 0 Å². The van der Waals surface area contributed by atoms with Gasteiger partial charge in [0.2, 0.25) is 0 Å². The van der Waals surface area contributed by atoms with Crippen LogP contribution in [0.3, 0.4) is 0 Å². The average Bonchev–Trinajstić information content (AvgIpc) is 2.95. The van der Waals surface area contributed by atoms with Crippen molar-refractivity contribution in [1.82, 2.24) is 9.97 Å². The number of halogens is 1. The fourth-order valence-electron chi connectivity index (χ4n) is 2.49. The number of anilines is 1. The Morgan fingerprint density at radius 1 is 1.21 bits per heavy atom. The summed E-state index contributed by atoms with van der Waals surface area (Å²) in [7, 11) is 3.01. The fraction of sp³-hybridized carbons (Fsp3) is 0.176. The number of carbonyl (C=O) groups is 1. The standard InChI is InChI=1S/C17H16ClN3O3/c1-9-19-12-6-4-5-10(16(12)20-9)17(22)21-13-8-14(23-2)11(18)7-15(13)24-3/h4-8H,1-3H3,(H,19,20)(H,21,22). The van der Waals surface area contributed by atoms with Crippen molar-refractivity contribution in [1.29, 1.82) is 0 Å². The summed E-state index contributed by atoms with van der Waals surface area (Å²) in [5.74, 6) is 1.34. The summed E-state index contributed by atoms with van der Waals surface area (Å²) < 4.78 is 10.5. The number of amides is 1. The van der Waals surface area contributed by atoms with Gasteiger partial charge in [0.25, 0.3) is 5.91 Å². The Morgan fingerprint density at radius 2 is 1.96 bits per heavy atom. The lowest BCUT2D eigenvalue weighted by molar-refractivity contribution is 0.102. The summed E-state index contributed by atoms with van der Waals surface area (Å²) in [5, 5.41) is 3.22. The van der Waals surface area contributed by atoms with Crippen LogP contribution in [-0.4, -0.2) is 30.1 Å². The molecule has 0 unspecified atom stereocenters. The molecule has 3 rings (SSSR count). The van der Waals surface area contributed by atoms with Crippen LogP contribution >= 0.6 is 11.6 Å². The molecule has 0 atom stereocenters. The first kappa shape index (κ1) is 16.1. The molecule has 2 aromatic carbocycles. The number of rotatable bonds is 4. The second kappa shape index (κ2) is 6.41. The molecular formula is C17H16ClN3O3. The molecule has 1 aromatic heterocycles. The Morgan fingerprint density at radius 3 is 2.67 bits per heavy atom. The van der Waals surface area contributed by atoms with Crippen LogP contribution in [0, 0.1) is 6.92 Å². The van der Waals surface area contributed by atoms with Crippen LogP contribution in [0.1, 0.15) is 16.2 Å². The van der Waals surface area contributed by atoms with Crippen LogP contribution < -0.4 is 14.8 Å². The monoisotopic (exact) mass is 345 g/mol. The number of carbonyl (C=O) groups excluding carboxylic acids is 1. The Kier molecular flexibility index (Phi) is 4.31. The number of methoxy groups -OCH3 is 2. The number of aryl methyl sites for hydroxylation is 1. The van der Waals surface area contributed by atoms with E-state index in [4.69, 9.17) is 21.1 Å². The number of aromatic nitrogens is 2. The quantitative estimate of drug-likeness (QED) is 0.754. The highest BCUT2D eigenvalue weighted by atomic mass is 35.5. The number of H-pyrrole nitrogens is 1. The molecule has 1 heterocycles. The Labute approximate surface area is 143 Å². The molecule has 0 aliphatic heterocycles. The van der Waals surface area contributed by atoms with E-state index in [9.17, 15) is 4.79 Å². The molecule has 6 nitrogen and oxygen atoms in total. The average molecular weight is 346 g/mol. The summed E-state index contributed by atoms with van der Waals surface area (Å²) in [6.07, 6.45) is 0. The van der Waals surface area contributed by atoms with Gasteiger partial charge in [-0.3, -0.25) is 4.79 Å². The first-order valence-electron chi connectivity index (χ1n) is 7.21. The molecule has 0 radical (unpaired) electrons. The number of ether oxygens (including phenoxy) is 2. The van der Waals surface area contributed by atoms with E-state index in [1.54, 1.807) is 24.3 Å². The molecule has 0 spiro atoms. The molecular weight excluding hydrogens is 330 g/mol. The highest BCUT2D eigenvalue weighted by molar-refractivity contribution is 6.32. The molecule has 0 aliphatic carbocycles. The maximum atomic E-state index is 12.7. The lowest BCUT2D eigenvalue weighted by Crippen LogP contribution is -2.13. The molecule has 3 aromatic rings. The molecule has 2 N–H and O–H groups in total. The second-order valence-corrected chi connectivity index (χ2v) is 5.57. The van der Waals surface area contributed by atoms with Crippen LogP contribution in [-0.2, 0) is 0 Å². The minimum atomic E-state index is -0.297. The summed E-state index contributed by atoms with van der Waals surface area (Å²) in [6.45, 7) is 1.84. The van der Waals surface area contributed by atoms with Crippen LogP contribution in [0.5, 0.6) is 11.5 Å². The van der Waals surface area contributed by atoms with E-state index in [0.29, 0.717) is 33.3 Å². The van der Waals surface area contributed by atoms with E-state index in [0.717, 1.165) is 11.3 Å². The number of imidazole rings is 1. The van der Waals surface area contributed by atoms with Gasteiger partial charge in [-0.1, -0.05) is 17.7 Å². The number of para-hydroxylation sites is 1. The van der Waals surface area contributed by atoms with Crippen molar-refractivity contribution in [3.63, 3.8) is 0 Å². The zero-order valence-electron chi connectivity index (χ0n) is 13.4. The number of hydrogen-bond donors (Lipinski definition) is 2. The van der Waals surface area contributed by atoms with Gasteiger partial charge in [-0.2, -0.15) is 0 Å². The minimum absolute atomic E-state index is 0.297. The van der Waals surface area contributed by atoms with Gasteiger partial charge in [0.15, 0.2) is 0 Å². The first-order valence-corrected chi connectivity index (χ1v) is 7.59. The summed E-state index contributed by atoms with van der Waals surface area (Å²) in [6, 6.07) is 8.61. The molecule has 124 valence electrons. The number of nitrogens with one attached hydrogen (secondary N) is 2. The largest absolute Gasteiger partial charge is 0.495 e. The fourth-order valence-corrected chi connectivity index (χ4v) is 2.72. The van der Waals surface area contributed by atoms with E-state index in [1.807, 2.05) is 13.0 Å². The highest BCUT2D eigenvalue weighted by Crippen LogP contribution is 2.36. The molecule has 0 fully saturated rings. The van der Waals surface area contributed by atoms with Crippen molar-refractivity contribution in [2.45, 2.75) is 6.92 Å². The van der Waals surface area contributed by atoms with Crippen molar-refractivity contribution in [2.75, 3.05) is 19.5 Å². The third kappa shape index (κ3) is 2.88. The zero-order valence-corrected chi connectivity index (χ0v) is 14.2.